The largest absolute Gasteiger partial charge is 0.310 e. The SMILES string of the molecule is CC1(C)c2ccccc2-c2c(N(c3ccc(-c4ccc(-n5c6ccccc6c6ccccc65)cc4)cc3)c3ccc(-c4ccc(-n5c6ccccc6c6ccccc65)cc4)cc3)cccc21. The van der Waals surface area contributed by atoms with E-state index in [9.17, 15) is 0 Å². The zero-order valence-corrected chi connectivity index (χ0v) is 36.9. The topological polar surface area (TPSA) is 13.1 Å². The van der Waals surface area contributed by atoms with E-state index in [0.717, 1.165) is 22.7 Å². The zero-order chi connectivity index (χ0) is 43.9. The Morgan fingerprint density at radius 1 is 0.318 bits per heavy atom. The first-order chi connectivity index (χ1) is 32.5. The summed E-state index contributed by atoms with van der Waals surface area (Å²) in [5.41, 5.74) is 20.5. The summed E-state index contributed by atoms with van der Waals surface area (Å²) in [5, 5.41) is 5.09. The summed E-state index contributed by atoms with van der Waals surface area (Å²) in [7, 11) is 0. The van der Waals surface area contributed by atoms with Gasteiger partial charge in [0, 0.05) is 55.3 Å². The number of hydrogen-bond acceptors (Lipinski definition) is 1. The summed E-state index contributed by atoms with van der Waals surface area (Å²) in [6.07, 6.45) is 0. The van der Waals surface area contributed by atoms with Crippen molar-refractivity contribution in [3.05, 3.63) is 248 Å². The highest BCUT2D eigenvalue weighted by molar-refractivity contribution is 6.10. The highest BCUT2D eigenvalue weighted by atomic mass is 15.1. The number of anilines is 3. The van der Waals surface area contributed by atoms with Crippen LogP contribution in [-0.2, 0) is 5.41 Å². The average Bonchev–Trinajstić information content (AvgIpc) is 3.98. The van der Waals surface area contributed by atoms with Crippen LogP contribution >= 0.6 is 0 Å². The fourth-order valence-corrected chi connectivity index (χ4v) is 11.0. The number of benzene rings is 10. The Labute approximate surface area is 384 Å². The number of rotatable bonds is 7. The van der Waals surface area contributed by atoms with Gasteiger partial charge < -0.3 is 14.0 Å². The average molecular weight is 844 g/mol. The monoisotopic (exact) mass is 843 g/mol. The van der Waals surface area contributed by atoms with E-state index >= 15 is 0 Å². The molecule has 0 spiro atoms. The van der Waals surface area contributed by atoms with Gasteiger partial charge in [0.05, 0.1) is 27.8 Å². The first-order valence-corrected chi connectivity index (χ1v) is 22.9. The van der Waals surface area contributed by atoms with E-state index in [1.807, 2.05) is 0 Å². The Balaban J connectivity index is 0.870. The molecule has 0 aliphatic heterocycles. The quantitative estimate of drug-likeness (QED) is 0.156. The molecule has 66 heavy (non-hydrogen) atoms. The maximum absolute atomic E-state index is 2.45. The van der Waals surface area contributed by atoms with Gasteiger partial charge in [0.15, 0.2) is 0 Å². The first-order valence-electron chi connectivity index (χ1n) is 22.9. The lowest BCUT2D eigenvalue weighted by Gasteiger charge is -2.29. The van der Waals surface area contributed by atoms with E-state index in [1.165, 1.54) is 93.8 Å². The van der Waals surface area contributed by atoms with Crippen molar-refractivity contribution >= 4 is 60.7 Å². The molecule has 0 unspecified atom stereocenters. The second kappa shape index (κ2) is 14.8. The summed E-state index contributed by atoms with van der Waals surface area (Å²) in [5.74, 6) is 0. The van der Waals surface area contributed by atoms with Crippen LogP contribution in [0.3, 0.4) is 0 Å². The van der Waals surface area contributed by atoms with Crippen molar-refractivity contribution in [2.75, 3.05) is 4.90 Å². The number of aromatic nitrogens is 2. The lowest BCUT2D eigenvalue weighted by Crippen LogP contribution is -2.16. The summed E-state index contributed by atoms with van der Waals surface area (Å²) in [4.78, 5) is 2.45. The highest BCUT2D eigenvalue weighted by Crippen LogP contribution is 2.54. The van der Waals surface area contributed by atoms with Crippen molar-refractivity contribution in [3.63, 3.8) is 0 Å². The van der Waals surface area contributed by atoms with Crippen LogP contribution in [-0.4, -0.2) is 9.13 Å². The van der Waals surface area contributed by atoms with Gasteiger partial charge in [0.25, 0.3) is 0 Å². The van der Waals surface area contributed by atoms with E-state index in [-0.39, 0.29) is 5.41 Å². The smallest absolute Gasteiger partial charge is 0.0543 e. The van der Waals surface area contributed by atoms with Crippen LogP contribution in [0.1, 0.15) is 25.0 Å². The molecule has 10 aromatic carbocycles. The van der Waals surface area contributed by atoms with Crippen LogP contribution in [0, 0.1) is 0 Å². The molecule has 0 amide bonds. The van der Waals surface area contributed by atoms with Crippen LogP contribution in [0.2, 0.25) is 0 Å². The molecule has 3 heteroatoms. The molecule has 3 nitrogen and oxygen atoms in total. The lowest BCUT2D eigenvalue weighted by molar-refractivity contribution is 0.660. The lowest BCUT2D eigenvalue weighted by atomic mass is 9.82. The Morgan fingerprint density at radius 2 is 0.667 bits per heavy atom. The van der Waals surface area contributed by atoms with Crippen LogP contribution in [0.4, 0.5) is 17.1 Å². The number of nitrogens with zero attached hydrogens (tertiary/aromatic N) is 3. The number of para-hydroxylation sites is 4. The molecular formula is C63H45N3. The second-order valence-electron chi connectivity index (χ2n) is 18.1. The maximum Gasteiger partial charge on any atom is 0.0543 e. The van der Waals surface area contributed by atoms with Crippen molar-refractivity contribution < 1.29 is 0 Å². The molecule has 0 saturated heterocycles. The fraction of sp³-hybridized carbons (Fsp3) is 0.0476. The van der Waals surface area contributed by atoms with Crippen molar-refractivity contribution in [1.82, 2.24) is 9.13 Å². The standard InChI is InChI=1S/C63H45N3/c1-63(2)55-19-8-3-18-54(55)62-56(63)20-13-25-61(62)64(46-34-26-42(27-35-46)44-30-38-48(39-31-44)65-57-21-9-4-14-50(57)51-15-5-10-22-58(51)65)47-36-28-43(29-37-47)45-32-40-49(41-33-45)66-59-23-11-6-16-52(59)53-17-7-12-24-60(53)66/h3-41H,1-2H3. The Kier molecular flexibility index (Phi) is 8.56. The van der Waals surface area contributed by atoms with Crippen molar-refractivity contribution in [1.29, 1.82) is 0 Å². The molecule has 12 aromatic rings. The number of hydrogen-bond donors (Lipinski definition) is 0. The molecule has 0 bridgehead atoms. The summed E-state index contributed by atoms with van der Waals surface area (Å²) in [6, 6.07) is 86.7. The van der Waals surface area contributed by atoms with Gasteiger partial charge in [-0.2, -0.15) is 0 Å². The predicted octanol–water partition coefficient (Wildman–Crippen LogP) is 17.0. The van der Waals surface area contributed by atoms with Crippen molar-refractivity contribution in [2.24, 2.45) is 0 Å². The van der Waals surface area contributed by atoms with Crippen LogP contribution < -0.4 is 4.90 Å². The minimum absolute atomic E-state index is 0.113. The number of fused-ring (bicyclic) bond motifs is 9. The van der Waals surface area contributed by atoms with Gasteiger partial charge >= 0.3 is 0 Å². The third kappa shape index (κ3) is 5.83. The van der Waals surface area contributed by atoms with Gasteiger partial charge in [-0.15, -0.1) is 0 Å². The molecule has 1 aliphatic rings. The summed E-state index contributed by atoms with van der Waals surface area (Å²) >= 11 is 0. The molecule has 0 atom stereocenters. The van der Waals surface area contributed by atoms with E-state index in [4.69, 9.17) is 0 Å². The van der Waals surface area contributed by atoms with Crippen LogP contribution in [0.25, 0.3) is 88.4 Å². The molecule has 0 fully saturated rings. The van der Waals surface area contributed by atoms with Gasteiger partial charge in [0.1, 0.15) is 0 Å². The highest BCUT2D eigenvalue weighted by Gasteiger charge is 2.37. The molecule has 13 rings (SSSR count). The molecule has 2 aromatic heterocycles. The van der Waals surface area contributed by atoms with Crippen LogP contribution in [0.5, 0.6) is 0 Å². The van der Waals surface area contributed by atoms with Gasteiger partial charge in [-0.1, -0.05) is 172 Å². The van der Waals surface area contributed by atoms with Crippen LogP contribution in [0.15, 0.2) is 237 Å². The summed E-state index contributed by atoms with van der Waals surface area (Å²) < 4.78 is 4.75. The fourth-order valence-electron chi connectivity index (χ4n) is 11.0. The maximum atomic E-state index is 2.45. The zero-order valence-electron chi connectivity index (χ0n) is 36.9. The second-order valence-corrected chi connectivity index (χ2v) is 18.1. The molecule has 2 heterocycles. The van der Waals surface area contributed by atoms with Gasteiger partial charge in [-0.05, 0) is 118 Å². The van der Waals surface area contributed by atoms with Gasteiger partial charge in [-0.25, -0.2) is 0 Å². The third-order valence-electron chi connectivity index (χ3n) is 14.2. The minimum atomic E-state index is -0.113. The van der Waals surface area contributed by atoms with E-state index < -0.39 is 0 Å². The van der Waals surface area contributed by atoms with Crippen molar-refractivity contribution in [2.45, 2.75) is 19.3 Å². The summed E-state index contributed by atoms with van der Waals surface area (Å²) in [6.45, 7) is 4.71. The third-order valence-corrected chi connectivity index (χ3v) is 14.2. The molecular weight excluding hydrogens is 799 g/mol. The van der Waals surface area contributed by atoms with Gasteiger partial charge in [0.2, 0.25) is 0 Å². The van der Waals surface area contributed by atoms with E-state index in [1.54, 1.807) is 0 Å². The Hall–Kier alpha value is -8.40. The predicted molar refractivity (Wildman–Crippen MR) is 278 cm³/mol. The molecule has 312 valence electrons. The minimum Gasteiger partial charge on any atom is -0.310 e. The van der Waals surface area contributed by atoms with Gasteiger partial charge in [-0.3, -0.25) is 0 Å². The Bertz CT molecular complexity index is 3500. The van der Waals surface area contributed by atoms with E-state index in [0.29, 0.717) is 0 Å². The Morgan fingerprint density at radius 3 is 1.09 bits per heavy atom. The van der Waals surface area contributed by atoms with Crippen molar-refractivity contribution in [3.8, 4) is 44.8 Å². The normalized spacial score (nSPS) is 12.8. The van der Waals surface area contributed by atoms with E-state index in [2.05, 4.69) is 264 Å². The molecule has 0 radical (unpaired) electrons. The molecule has 0 N–H and O–H groups in total. The first kappa shape index (κ1) is 38.1. The molecule has 1 aliphatic carbocycles. The molecule has 0 saturated carbocycles.